The number of aliphatic imine (C=N–C) groups is 1. The zero-order valence-corrected chi connectivity index (χ0v) is 22.3. The van der Waals surface area contributed by atoms with Gasteiger partial charge in [-0.3, -0.25) is 9.67 Å². The van der Waals surface area contributed by atoms with Gasteiger partial charge in [-0.15, -0.1) is 35.7 Å². The van der Waals surface area contributed by atoms with Crippen molar-refractivity contribution in [3.05, 3.63) is 41.7 Å². The van der Waals surface area contributed by atoms with E-state index in [2.05, 4.69) is 66.5 Å². The molecule has 0 fully saturated rings. The van der Waals surface area contributed by atoms with E-state index in [0.717, 1.165) is 36.2 Å². The summed E-state index contributed by atoms with van der Waals surface area (Å²) in [4.78, 5) is 7.80. The first-order chi connectivity index (χ1) is 13.8. The molecule has 1 atom stereocenters. The molecule has 2 rings (SSSR count). The van der Waals surface area contributed by atoms with Gasteiger partial charge in [0.05, 0.1) is 12.8 Å². The molecule has 1 N–H and O–H groups in total. The average molecular weight is 546 g/mol. The summed E-state index contributed by atoms with van der Waals surface area (Å²) in [6.45, 7) is 8.26. The minimum atomic E-state index is 0. The molecular formula is C22H36IN5OS. The third-order valence-corrected chi connectivity index (χ3v) is 6.05. The number of rotatable bonds is 9. The Morgan fingerprint density at radius 1 is 1.30 bits per heavy atom. The van der Waals surface area contributed by atoms with Crippen LogP contribution in [0.15, 0.2) is 40.4 Å². The lowest BCUT2D eigenvalue weighted by atomic mass is 10.1. The number of nitrogens with zero attached hydrogens (tertiary/aromatic N) is 4. The normalized spacial score (nSPS) is 12.5. The highest BCUT2D eigenvalue weighted by Gasteiger charge is 2.15. The second kappa shape index (κ2) is 13.1. The molecule has 0 saturated heterocycles. The Morgan fingerprint density at radius 3 is 2.63 bits per heavy atom. The van der Waals surface area contributed by atoms with Crippen LogP contribution in [0, 0.1) is 5.92 Å². The number of para-hydroxylation sites is 1. The number of hydrogen-bond acceptors (Lipinski definition) is 4. The highest BCUT2D eigenvalue weighted by Crippen LogP contribution is 2.29. The Labute approximate surface area is 202 Å². The second-order valence-electron chi connectivity index (χ2n) is 7.72. The lowest BCUT2D eigenvalue weighted by Gasteiger charge is -2.24. The van der Waals surface area contributed by atoms with E-state index < -0.39 is 0 Å². The first-order valence-corrected chi connectivity index (χ1v) is 11.0. The monoisotopic (exact) mass is 545 g/mol. The third kappa shape index (κ3) is 7.68. The number of aryl methyl sites for hydroxylation is 1. The van der Waals surface area contributed by atoms with Gasteiger partial charge in [0, 0.05) is 56.6 Å². The molecule has 1 aromatic carbocycles. The quantitative estimate of drug-likeness (QED) is 0.216. The molecule has 0 radical (unpaired) electrons. The van der Waals surface area contributed by atoms with E-state index in [0.29, 0.717) is 11.8 Å². The Bertz CT molecular complexity index is 809. The molecule has 0 aliphatic rings. The molecule has 2 aromatic rings. The van der Waals surface area contributed by atoms with Gasteiger partial charge >= 0.3 is 0 Å². The molecule has 1 aromatic heterocycles. The lowest BCUT2D eigenvalue weighted by Crippen LogP contribution is -2.40. The molecule has 0 amide bonds. The van der Waals surface area contributed by atoms with E-state index in [9.17, 15) is 0 Å². The van der Waals surface area contributed by atoms with Crippen LogP contribution in [0.25, 0.3) is 0 Å². The predicted octanol–water partition coefficient (Wildman–Crippen LogP) is 4.61. The van der Waals surface area contributed by atoms with E-state index in [1.165, 1.54) is 10.5 Å². The van der Waals surface area contributed by atoms with Crippen LogP contribution in [0.4, 0.5) is 0 Å². The summed E-state index contributed by atoms with van der Waals surface area (Å²) in [5.41, 5.74) is 2.39. The highest BCUT2D eigenvalue weighted by atomic mass is 127. The third-order valence-electron chi connectivity index (χ3n) is 4.67. The molecule has 1 unspecified atom stereocenters. The summed E-state index contributed by atoms with van der Waals surface area (Å²) >= 11 is 1.83. The number of halogens is 1. The summed E-state index contributed by atoms with van der Waals surface area (Å²) < 4.78 is 7.33. The molecule has 30 heavy (non-hydrogen) atoms. The highest BCUT2D eigenvalue weighted by molar-refractivity contribution is 14.0. The van der Waals surface area contributed by atoms with Gasteiger partial charge in [0.15, 0.2) is 5.96 Å². The van der Waals surface area contributed by atoms with E-state index in [1.807, 2.05) is 42.7 Å². The first kappa shape index (κ1) is 26.6. The van der Waals surface area contributed by atoms with E-state index in [-0.39, 0.29) is 24.0 Å². The summed E-state index contributed by atoms with van der Waals surface area (Å²) in [7, 11) is 7.60. The van der Waals surface area contributed by atoms with Crippen LogP contribution in [0.2, 0.25) is 0 Å². The molecule has 0 bridgehead atoms. The second-order valence-corrected chi connectivity index (χ2v) is 8.78. The fourth-order valence-corrected chi connectivity index (χ4v) is 4.22. The Kier molecular flexibility index (Phi) is 11.6. The van der Waals surface area contributed by atoms with Crippen molar-refractivity contribution >= 4 is 41.7 Å². The van der Waals surface area contributed by atoms with Crippen molar-refractivity contribution in [1.82, 2.24) is 20.0 Å². The Hall–Kier alpha value is -1.42. The largest absolute Gasteiger partial charge is 0.496 e. The van der Waals surface area contributed by atoms with Crippen molar-refractivity contribution in [2.45, 2.75) is 38.1 Å². The SMILES string of the molecule is CN=C(NCC(C)CSc1ccccc1OC)N(C)Cc1cn(C)nc1C(C)C.I. The number of guanidine groups is 1. The maximum absolute atomic E-state index is 5.44. The van der Waals surface area contributed by atoms with Crippen molar-refractivity contribution in [1.29, 1.82) is 0 Å². The Balaban J connectivity index is 0.00000450. The van der Waals surface area contributed by atoms with Gasteiger partial charge < -0.3 is 15.0 Å². The average Bonchev–Trinajstić information content (AvgIpc) is 3.07. The van der Waals surface area contributed by atoms with Crippen molar-refractivity contribution in [3.8, 4) is 5.75 Å². The molecule has 0 saturated carbocycles. The maximum atomic E-state index is 5.44. The van der Waals surface area contributed by atoms with Crippen LogP contribution in [0.3, 0.4) is 0 Å². The zero-order valence-electron chi connectivity index (χ0n) is 19.2. The van der Waals surface area contributed by atoms with Crippen molar-refractivity contribution in [2.24, 2.45) is 18.0 Å². The number of hydrogen-bond donors (Lipinski definition) is 1. The van der Waals surface area contributed by atoms with Gasteiger partial charge in [-0.05, 0) is 24.0 Å². The van der Waals surface area contributed by atoms with Gasteiger partial charge in [0.2, 0.25) is 0 Å². The molecule has 0 spiro atoms. The number of ether oxygens (including phenoxy) is 1. The number of aromatic nitrogens is 2. The fraction of sp³-hybridized carbons (Fsp3) is 0.545. The van der Waals surface area contributed by atoms with Crippen LogP contribution in [-0.4, -0.2) is 54.1 Å². The van der Waals surface area contributed by atoms with Crippen LogP contribution in [0.1, 0.15) is 37.9 Å². The zero-order chi connectivity index (χ0) is 21.4. The van der Waals surface area contributed by atoms with Crippen molar-refractivity contribution in [2.75, 3.05) is 33.5 Å². The van der Waals surface area contributed by atoms with Gasteiger partial charge in [-0.1, -0.05) is 32.9 Å². The van der Waals surface area contributed by atoms with Gasteiger partial charge in [-0.25, -0.2) is 0 Å². The smallest absolute Gasteiger partial charge is 0.193 e. The fourth-order valence-electron chi connectivity index (χ4n) is 3.17. The summed E-state index contributed by atoms with van der Waals surface area (Å²) in [6, 6.07) is 8.16. The summed E-state index contributed by atoms with van der Waals surface area (Å²) in [5.74, 6) is 3.73. The lowest BCUT2D eigenvalue weighted by molar-refractivity contribution is 0.404. The summed E-state index contributed by atoms with van der Waals surface area (Å²) in [5, 5.41) is 8.12. The molecule has 1 heterocycles. The van der Waals surface area contributed by atoms with Crippen LogP contribution >= 0.6 is 35.7 Å². The number of benzene rings is 1. The molecule has 168 valence electrons. The topological polar surface area (TPSA) is 54.7 Å². The molecule has 0 aliphatic carbocycles. The summed E-state index contributed by atoms with van der Waals surface area (Å²) in [6.07, 6.45) is 2.10. The van der Waals surface area contributed by atoms with Crippen molar-refractivity contribution < 1.29 is 4.74 Å². The minimum absolute atomic E-state index is 0. The van der Waals surface area contributed by atoms with E-state index >= 15 is 0 Å². The van der Waals surface area contributed by atoms with Crippen LogP contribution < -0.4 is 10.1 Å². The minimum Gasteiger partial charge on any atom is -0.496 e. The Morgan fingerprint density at radius 2 is 2.00 bits per heavy atom. The number of nitrogens with one attached hydrogen (secondary N) is 1. The van der Waals surface area contributed by atoms with E-state index in [4.69, 9.17) is 4.74 Å². The van der Waals surface area contributed by atoms with Crippen LogP contribution in [0.5, 0.6) is 5.75 Å². The number of methoxy groups -OCH3 is 1. The first-order valence-electron chi connectivity index (χ1n) is 10.1. The van der Waals surface area contributed by atoms with Gasteiger partial charge in [-0.2, -0.15) is 5.10 Å². The standard InChI is InChI=1S/C22H35N5OS.HI/c1-16(2)21-18(14-27(6)25-21)13-26(5)22(23-4)24-12-17(3)15-29-20-11-9-8-10-19(20)28-7;/h8-11,14,16-17H,12-13,15H2,1-7H3,(H,23,24);1H. The molecule has 8 heteroatoms. The molecular weight excluding hydrogens is 509 g/mol. The molecule has 6 nitrogen and oxygen atoms in total. The number of thioether (sulfide) groups is 1. The maximum Gasteiger partial charge on any atom is 0.193 e. The molecule has 0 aliphatic heterocycles. The predicted molar refractivity (Wildman–Crippen MR) is 138 cm³/mol. The van der Waals surface area contributed by atoms with Crippen LogP contribution in [-0.2, 0) is 13.6 Å². The van der Waals surface area contributed by atoms with Gasteiger partial charge in [0.25, 0.3) is 0 Å². The van der Waals surface area contributed by atoms with Gasteiger partial charge in [0.1, 0.15) is 5.75 Å². The van der Waals surface area contributed by atoms with Crippen molar-refractivity contribution in [3.63, 3.8) is 0 Å². The van der Waals surface area contributed by atoms with E-state index in [1.54, 1.807) is 7.11 Å².